The third-order valence-corrected chi connectivity index (χ3v) is 3.18. The van der Waals surface area contributed by atoms with Gasteiger partial charge < -0.3 is 9.15 Å². The second kappa shape index (κ2) is 7.38. The van der Waals surface area contributed by atoms with E-state index in [1.54, 1.807) is 49.0 Å². The van der Waals surface area contributed by atoms with E-state index in [4.69, 9.17) is 9.15 Å². The molecule has 3 aromatic heterocycles. The summed E-state index contributed by atoms with van der Waals surface area (Å²) in [5.41, 5.74) is 3.40. The highest BCUT2D eigenvalue weighted by atomic mass is 16.5. The zero-order chi connectivity index (χ0) is 16.8. The summed E-state index contributed by atoms with van der Waals surface area (Å²) in [4.78, 5) is 12.7. The Balaban J connectivity index is 1.91. The quantitative estimate of drug-likeness (QED) is 0.425. The molecule has 0 aromatic carbocycles. The highest BCUT2D eigenvalue weighted by Gasteiger charge is 2.13. The summed E-state index contributed by atoms with van der Waals surface area (Å²) in [6, 6.07) is 10.7. The lowest BCUT2D eigenvalue weighted by atomic mass is 10.2. The molecule has 0 saturated carbocycles. The summed E-state index contributed by atoms with van der Waals surface area (Å²) >= 11 is 0. The molecule has 3 aromatic rings. The molecule has 0 fully saturated rings. The number of hydrogen-bond acceptors (Lipinski definition) is 6. The van der Waals surface area contributed by atoms with Crippen molar-refractivity contribution in [1.82, 2.24) is 15.4 Å². The van der Waals surface area contributed by atoms with Gasteiger partial charge in [0.25, 0.3) is 0 Å². The number of aromatic nitrogens is 2. The molecule has 0 saturated heterocycles. The van der Waals surface area contributed by atoms with Crippen molar-refractivity contribution in [1.29, 1.82) is 0 Å². The average Bonchev–Trinajstić information content (AvgIpc) is 3.11. The molecule has 0 bridgehead atoms. The number of pyridine rings is 2. The second-order valence-corrected chi connectivity index (χ2v) is 4.95. The minimum absolute atomic E-state index is 0.234. The van der Waals surface area contributed by atoms with E-state index in [-0.39, 0.29) is 12.4 Å². The fourth-order valence-corrected chi connectivity index (χ4v) is 2.05. The third kappa shape index (κ3) is 3.76. The first-order valence-electron chi connectivity index (χ1n) is 7.29. The molecule has 24 heavy (non-hydrogen) atoms. The van der Waals surface area contributed by atoms with Crippen LogP contribution in [0.4, 0.5) is 0 Å². The van der Waals surface area contributed by atoms with Gasteiger partial charge in [-0.05, 0) is 43.3 Å². The Labute approximate surface area is 138 Å². The van der Waals surface area contributed by atoms with Gasteiger partial charge >= 0.3 is 0 Å². The minimum atomic E-state index is 0.234. The van der Waals surface area contributed by atoms with E-state index in [2.05, 4.69) is 20.4 Å². The first-order valence-corrected chi connectivity index (χ1v) is 7.29. The lowest BCUT2D eigenvalue weighted by Crippen LogP contribution is -2.21. The smallest absolute Gasteiger partial charge is 0.230 e. The van der Waals surface area contributed by atoms with Crippen molar-refractivity contribution in [3.8, 4) is 11.6 Å². The maximum Gasteiger partial charge on any atom is 0.230 e. The molecule has 0 radical (unpaired) electrons. The van der Waals surface area contributed by atoms with E-state index in [1.807, 2.05) is 13.0 Å². The van der Waals surface area contributed by atoms with Crippen LogP contribution in [0.25, 0.3) is 0 Å². The summed E-state index contributed by atoms with van der Waals surface area (Å²) in [7, 11) is 0. The van der Waals surface area contributed by atoms with Crippen molar-refractivity contribution in [3.63, 3.8) is 0 Å². The number of hydrogen-bond donors (Lipinski definition) is 2. The van der Waals surface area contributed by atoms with Crippen LogP contribution in [0, 0.1) is 6.92 Å². The Morgan fingerprint density at radius 2 is 2.21 bits per heavy atom. The van der Waals surface area contributed by atoms with Crippen molar-refractivity contribution in [3.05, 3.63) is 72.1 Å². The van der Waals surface area contributed by atoms with Gasteiger partial charge in [0, 0.05) is 11.9 Å². The van der Waals surface area contributed by atoms with Crippen LogP contribution >= 0.6 is 0 Å². The van der Waals surface area contributed by atoms with Gasteiger partial charge in [-0.2, -0.15) is 0 Å². The van der Waals surface area contributed by atoms with Crippen LogP contribution < -0.4 is 10.2 Å². The minimum Gasteiger partial charge on any atom is -0.467 e. The highest BCUT2D eigenvalue weighted by Crippen LogP contribution is 2.23. The van der Waals surface area contributed by atoms with Gasteiger partial charge in [-0.25, -0.2) is 4.98 Å². The molecule has 3 rings (SSSR count). The maximum absolute atomic E-state index is 9.46. The monoisotopic (exact) mass is 324 g/mol. The number of nitrogens with zero attached hydrogens (tertiary/aromatic N) is 3. The molecule has 0 aliphatic rings. The Bertz CT molecular complexity index is 817. The SMILES string of the molecule is Cc1ccc(C(=NCc2ccco2)NO)c(Oc2cccnc2)n1. The fourth-order valence-electron chi connectivity index (χ4n) is 2.05. The van der Waals surface area contributed by atoms with E-state index in [1.165, 1.54) is 0 Å². The van der Waals surface area contributed by atoms with Crippen LogP contribution in [0.15, 0.2) is 64.5 Å². The van der Waals surface area contributed by atoms with Crippen molar-refractivity contribution >= 4 is 5.84 Å². The fraction of sp³-hybridized carbons (Fsp3) is 0.118. The van der Waals surface area contributed by atoms with Gasteiger partial charge in [-0.15, -0.1) is 0 Å². The van der Waals surface area contributed by atoms with Gasteiger partial charge in [-0.3, -0.25) is 20.7 Å². The van der Waals surface area contributed by atoms with Crippen molar-refractivity contribution in [2.45, 2.75) is 13.5 Å². The van der Waals surface area contributed by atoms with E-state index < -0.39 is 0 Å². The van der Waals surface area contributed by atoms with Crippen LogP contribution in [0.2, 0.25) is 0 Å². The number of hydroxylamine groups is 1. The molecule has 0 aliphatic heterocycles. The van der Waals surface area contributed by atoms with Crippen LogP contribution in [-0.4, -0.2) is 21.0 Å². The normalized spacial score (nSPS) is 11.3. The van der Waals surface area contributed by atoms with Gasteiger partial charge in [0.05, 0.1) is 24.6 Å². The summed E-state index contributed by atoms with van der Waals surface area (Å²) in [6.45, 7) is 2.13. The largest absolute Gasteiger partial charge is 0.467 e. The standard InChI is InChI=1S/C17H16N4O3/c1-12-6-7-15(16(21-22)19-11-13-5-3-9-23-13)17(20-12)24-14-4-2-8-18-10-14/h2-10,22H,11H2,1H3,(H,19,21). The van der Waals surface area contributed by atoms with Gasteiger partial charge in [0.2, 0.25) is 5.88 Å². The predicted molar refractivity (Wildman–Crippen MR) is 87.2 cm³/mol. The number of nitrogens with one attached hydrogen (secondary N) is 1. The Morgan fingerprint density at radius 3 is 2.92 bits per heavy atom. The molecule has 122 valence electrons. The predicted octanol–water partition coefficient (Wildman–Crippen LogP) is 3.10. The molecule has 2 N–H and O–H groups in total. The summed E-state index contributed by atoms with van der Waals surface area (Å²) in [5.74, 6) is 1.78. The molecule has 3 heterocycles. The molecule has 0 spiro atoms. The summed E-state index contributed by atoms with van der Waals surface area (Å²) < 4.78 is 11.0. The number of ether oxygens (including phenoxy) is 1. The first kappa shape index (κ1) is 15.7. The first-order chi connectivity index (χ1) is 11.8. The molecule has 7 heteroatoms. The van der Waals surface area contributed by atoms with Crippen LogP contribution in [-0.2, 0) is 6.54 Å². The number of aryl methyl sites for hydroxylation is 1. The van der Waals surface area contributed by atoms with E-state index >= 15 is 0 Å². The summed E-state index contributed by atoms with van der Waals surface area (Å²) in [5, 5.41) is 9.46. The number of aliphatic imine (C=N–C) groups is 1. The van der Waals surface area contributed by atoms with Crippen molar-refractivity contribution in [2.75, 3.05) is 0 Å². The zero-order valence-corrected chi connectivity index (χ0v) is 13.0. The van der Waals surface area contributed by atoms with E-state index in [0.717, 1.165) is 5.69 Å². The van der Waals surface area contributed by atoms with E-state index in [9.17, 15) is 5.21 Å². The summed E-state index contributed by atoms with van der Waals surface area (Å²) in [6.07, 6.45) is 4.81. The maximum atomic E-state index is 9.46. The van der Waals surface area contributed by atoms with Crippen LogP contribution in [0.1, 0.15) is 17.0 Å². The molecular formula is C17H16N4O3. The molecular weight excluding hydrogens is 308 g/mol. The molecule has 0 unspecified atom stereocenters. The van der Waals surface area contributed by atoms with Crippen molar-refractivity contribution in [2.24, 2.45) is 4.99 Å². The second-order valence-electron chi connectivity index (χ2n) is 4.95. The number of furan rings is 1. The third-order valence-electron chi connectivity index (χ3n) is 3.18. The van der Waals surface area contributed by atoms with Gasteiger partial charge in [-0.1, -0.05) is 0 Å². The number of rotatable bonds is 5. The lowest BCUT2D eigenvalue weighted by molar-refractivity contribution is 0.234. The Kier molecular flexibility index (Phi) is 4.83. The topological polar surface area (TPSA) is 92.8 Å². The molecule has 0 atom stereocenters. The molecule has 0 aliphatic carbocycles. The number of amidine groups is 1. The van der Waals surface area contributed by atoms with Crippen LogP contribution in [0.5, 0.6) is 11.6 Å². The van der Waals surface area contributed by atoms with E-state index in [0.29, 0.717) is 23.0 Å². The molecule has 7 nitrogen and oxygen atoms in total. The highest BCUT2D eigenvalue weighted by molar-refractivity contribution is 6.00. The lowest BCUT2D eigenvalue weighted by Gasteiger charge is -2.12. The Hall–Kier alpha value is -3.19. The van der Waals surface area contributed by atoms with Crippen LogP contribution in [0.3, 0.4) is 0 Å². The van der Waals surface area contributed by atoms with Crippen molar-refractivity contribution < 1.29 is 14.4 Å². The Morgan fingerprint density at radius 1 is 1.29 bits per heavy atom. The van der Waals surface area contributed by atoms with Gasteiger partial charge in [0.1, 0.15) is 11.5 Å². The van der Waals surface area contributed by atoms with Gasteiger partial charge in [0.15, 0.2) is 5.84 Å². The molecule has 0 amide bonds. The zero-order valence-electron chi connectivity index (χ0n) is 13.0. The average molecular weight is 324 g/mol.